The van der Waals surface area contributed by atoms with Crippen molar-refractivity contribution in [2.45, 2.75) is 97.5 Å². The fourth-order valence-corrected chi connectivity index (χ4v) is 8.84. The molecule has 5 unspecified atom stereocenters. The van der Waals surface area contributed by atoms with Gasteiger partial charge >= 0.3 is 0 Å². The van der Waals surface area contributed by atoms with Crippen LogP contribution < -0.4 is 11.3 Å². The largest absolute Gasteiger partial charge is 0.393 e. The van der Waals surface area contributed by atoms with Gasteiger partial charge in [0.25, 0.3) is 0 Å². The summed E-state index contributed by atoms with van der Waals surface area (Å²) in [6, 6.07) is 0. The van der Waals surface area contributed by atoms with Gasteiger partial charge < -0.3 is 5.11 Å². The van der Waals surface area contributed by atoms with Crippen molar-refractivity contribution in [2.75, 3.05) is 0 Å². The van der Waals surface area contributed by atoms with Gasteiger partial charge in [0.2, 0.25) is 5.91 Å². The van der Waals surface area contributed by atoms with Crippen molar-refractivity contribution in [2.24, 2.45) is 52.2 Å². The molecule has 0 aliphatic heterocycles. The van der Waals surface area contributed by atoms with E-state index in [0.717, 1.165) is 48.9 Å². The van der Waals surface area contributed by atoms with Crippen LogP contribution in [0.4, 0.5) is 0 Å². The molecule has 28 heavy (non-hydrogen) atoms. The predicted molar refractivity (Wildman–Crippen MR) is 112 cm³/mol. The van der Waals surface area contributed by atoms with Crippen molar-refractivity contribution >= 4 is 5.91 Å². The molecule has 1 amide bonds. The number of nitrogens with two attached hydrogens (primary N) is 1. The van der Waals surface area contributed by atoms with Gasteiger partial charge in [-0.2, -0.15) is 0 Å². The average Bonchev–Trinajstić information content (AvgIpc) is 3.03. The van der Waals surface area contributed by atoms with Crippen molar-refractivity contribution in [1.29, 1.82) is 0 Å². The molecule has 4 heteroatoms. The Morgan fingerprint density at radius 1 is 1.07 bits per heavy atom. The lowest BCUT2D eigenvalue weighted by Gasteiger charge is -2.61. The summed E-state index contributed by atoms with van der Waals surface area (Å²) in [5.74, 6) is 9.97. The van der Waals surface area contributed by atoms with Gasteiger partial charge in [-0.15, -0.1) is 0 Å². The molecule has 4 N–H and O–H groups in total. The first-order valence-electron chi connectivity index (χ1n) is 12.0. The summed E-state index contributed by atoms with van der Waals surface area (Å²) in [6.45, 7) is 7.53. The van der Waals surface area contributed by atoms with Crippen LogP contribution >= 0.6 is 0 Å². The number of hydrazine groups is 1. The lowest BCUT2D eigenvalue weighted by atomic mass is 9.44. The second kappa shape index (κ2) is 7.58. The van der Waals surface area contributed by atoms with Gasteiger partial charge in [0.1, 0.15) is 0 Å². The van der Waals surface area contributed by atoms with Crippen molar-refractivity contribution in [3.63, 3.8) is 0 Å². The normalized spacial score (nSPS) is 48.9. The number of hydrogen-bond donors (Lipinski definition) is 3. The Labute approximate surface area is 171 Å². The van der Waals surface area contributed by atoms with Gasteiger partial charge in [-0.05, 0) is 111 Å². The van der Waals surface area contributed by atoms with Gasteiger partial charge in [0.15, 0.2) is 0 Å². The number of aliphatic hydroxyl groups is 1. The Morgan fingerprint density at radius 2 is 1.79 bits per heavy atom. The molecule has 0 spiro atoms. The number of hydrogen-bond acceptors (Lipinski definition) is 3. The fraction of sp³-hybridized carbons (Fsp3) is 0.958. The fourth-order valence-electron chi connectivity index (χ4n) is 8.84. The van der Waals surface area contributed by atoms with E-state index in [1.807, 2.05) is 0 Å². The van der Waals surface area contributed by atoms with E-state index in [1.165, 1.54) is 44.9 Å². The second-order valence-electron chi connectivity index (χ2n) is 11.4. The molecule has 4 aliphatic carbocycles. The minimum atomic E-state index is -0.0501. The highest BCUT2D eigenvalue weighted by atomic mass is 16.3. The molecule has 160 valence electrons. The third kappa shape index (κ3) is 3.23. The van der Waals surface area contributed by atoms with Crippen LogP contribution in [0.5, 0.6) is 0 Å². The molecule has 0 saturated heterocycles. The van der Waals surface area contributed by atoms with E-state index in [1.54, 1.807) is 0 Å². The molecule has 4 aliphatic rings. The minimum Gasteiger partial charge on any atom is -0.393 e. The molecule has 4 saturated carbocycles. The zero-order valence-electron chi connectivity index (χ0n) is 18.3. The topological polar surface area (TPSA) is 75.4 Å². The molecular formula is C24H42N2O2. The summed E-state index contributed by atoms with van der Waals surface area (Å²) in [5.41, 5.74) is 3.21. The Bertz CT molecular complexity index is 595. The molecule has 0 heterocycles. The van der Waals surface area contributed by atoms with Crippen molar-refractivity contribution in [3.8, 4) is 0 Å². The standard InChI is InChI=1S/C24H42N2O2/c1-15(4-9-22(28)26-25)19-7-8-20-18-6-5-16-14-17(27)10-12-23(16,2)21(18)11-13-24(19,20)3/h15-21,27H,4-14,25H2,1-3H3,(H,26,28)/t15?,16-,17-,18?,19?,20?,21?,23+,24-/m1/s1. The lowest BCUT2D eigenvalue weighted by Crippen LogP contribution is -2.54. The number of rotatable bonds is 4. The van der Waals surface area contributed by atoms with E-state index in [-0.39, 0.29) is 12.0 Å². The average molecular weight is 391 g/mol. The highest BCUT2D eigenvalue weighted by molar-refractivity contribution is 5.75. The Morgan fingerprint density at radius 3 is 2.54 bits per heavy atom. The van der Waals surface area contributed by atoms with Gasteiger partial charge in [-0.25, -0.2) is 5.84 Å². The van der Waals surface area contributed by atoms with E-state index in [2.05, 4.69) is 26.2 Å². The maximum Gasteiger partial charge on any atom is 0.233 e. The number of nitrogens with one attached hydrogen (secondary N) is 1. The number of fused-ring (bicyclic) bond motifs is 5. The minimum absolute atomic E-state index is 0.0269. The van der Waals surface area contributed by atoms with Crippen LogP contribution in [0.15, 0.2) is 0 Å². The van der Waals surface area contributed by atoms with Crippen LogP contribution in [0.25, 0.3) is 0 Å². The van der Waals surface area contributed by atoms with Crippen LogP contribution in [-0.2, 0) is 4.79 Å². The Balaban J connectivity index is 1.48. The maximum atomic E-state index is 11.6. The maximum absolute atomic E-state index is 11.6. The molecule has 9 atom stereocenters. The molecule has 4 fully saturated rings. The lowest BCUT2D eigenvalue weighted by molar-refractivity contribution is -0.129. The molecule has 0 aromatic heterocycles. The number of carbonyl (C=O) groups is 1. The Kier molecular flexibility index (Phi) is 5.59. The van der Waals surface area contributed by atoms with Crippen LogP contribution in [-0.4, -0.2) is 17.1 Å². The van der Waals surface area contributed by atoms with Crippen molar-refractivity contribution < 1.29 is 9.90 Å². The smallest absolute Gasteiger partial charge is 0.233 e. The zero-order chi connectivity index (χ0) is 20.1. The van der Waals surface area contributed by atoms with Crippen LogP contribution in [0.2, 0.25) is 0 Å². The van der Waals surface area contributed by atoms with E-state index in [4.69, 9.17) is 5.84 Å². The SMILES string of the molecule is CC(CCC(=O)NN)C1CCC2C3CC[C@@H]4C[C@H](O)CC[C@]4(C)C3CC[C@]12C. The summed E-state index contributed by atoms with van der Waals surface area (Å²) < 4.78 is 0. The molecule has 0 bridgehead atoms. The summed E-state index contributed by atoms with van der Waals surface area (Å²) in [7, 11) is 0. The van der Waals surface area contributed by atoms with Gasteiger partial charge in [0.05, 0.1) is 6.10 Å². The number of aliphatic hydroxyl groups excluding tert-OH is 1. The van der Waals surface area contributed by atoms with Crippen molar-refractivity contribution in [1.82, 2.24) is 5.43 Å². The molecule has 4 rings (SSSR count). The van der Waals surface area contributed by atoms with Crippen LogP contribution in [0, 0.1) is 46.3 Å². The van der Waals surface area contributed by atoms with Gasteiger partial charge in [0, 0.05) is 6.42 Å². The first kappa shape index (κ1) is 20.7. The van der Waals surface area contributed by atoms with Crippen molar-refractivity contribution in [3.05, 3.63) is 0 Å². The highest BCUT2D eigenvalue weighted by Gasteiger charge is 2.60. The van der Waals surface area contributed by atoms with E-state index in [0.29, 0.717) is 23.2 Å². The van der Waals surface area contributed by atoms with Gasteiger partial charge in [-0.1, -0.05) is 20.8 Å². The first-order chi connectivity index (χ1) is 13.3. The number of amides is 1. The van der Waals surface area contributed by atoms with E-state index < -0.39 is 0 Å². The monoisotopic (exact) mass is 390 g/mol. The summed E-state index contributed by atoms with van der Waals surface area (Å²) >= 11 is 0. The zero-order valence-corrected chi connectivity index (χ0v) is 18.3. The van der Waals surface area contributed by atoms with Gasteiger partial charge in [-0.3, -0.25) is 10.2 Å². The predicted octanol–water partition coefficient (Wildman–Crippen LogP) is 4.41. The van der Waals surface area contributed by atoms with Crippen LogP contribution in [0.1, 0.15) is 91.4 Å². The summed E-state index contributed by atoms with van der Waals surface area (Å²) in [6.07, 6.45) is 13.0. The molecule has 4 nitrogen and oxygen atoms in total. The number of carbonyl (C=O) groups excluding carboxylic acids is 1. The quantitative estimate of drug-likeness (QED) is 0.378. The third-order valence-electron chi connectivity index (χ3n) is 10.4. The first-order valence-corrected chi connectivity index (χ1v) is 12.0. The molecule has 0 aromatic carbocycles. The molecule has 0 aromatic rings. The second-order valence-corrected chi connectivity index (χ2v) is 11.4. The van der Waals surface area contributed by atoms with E-state index >= 15 is 0 Å². The molecular weight excluding hydrogens is 348 g/mol. The third-order valence-corrected chi connectivity index (χ3v) is 10.4. The summed E-state index contributed by atoms with van der Waals surface area (Å²) in [5, 5.41) is 10.2. The molecule has 0 radical (unpaired) electrons. The summed E-state index contributed by atoms with van der Waals surface area (Å²) in [4.78, 5) is 11.6. The van der Waals surface area contributed by atoms with Crippen LogP contribution in [0.3, 0.4) is 0 Å². The Hall–Kier alpha value is -0.610. The van der Waals surface area contributed by atoms with E-state index in [9.17, 15) is 9.90 Å². The highest BCUT2D eigenvalue weighted by Crippen LogP contribution is 2.68.